The lowest BCUT2D eigenvalue weighted by Crippen LogP contribution is -2.23. The van der Waals surface area contributed by atoms with Crippen LogP contribution in [0.25, 0.3) is 0 Å². The average molecular weight is 245 g/mol. The highest BCUT2D eigenvalue weighted by molar-refractivity contribution is 5.33. The third kappa shape index (κ3) is 6.44. The second-order valence-electron chi connectivity index (χ2n) is 4.47. The first kappa shape index (κ1) is 14.8. The molecule has 1 aromatic carbocycles. The molecule has 0 saturated heterocycles. The monoisotopic (exact) mass is 245 g/mol. The number of rotatable bonds is 7. The molecular weight excluding hydrogens is 222 g/mol. The van der Waals surface area contributed by atoms with E-state index in [1.54, 1.807) is 0 Å². The van der Waals surface area contributed by atoms with Gasteiger partial charge < -0.3 is 10.4 Å². The summed E-state index contributed by atoms with van der Waals surface area (Å²) in [6.07, 6.45) is 3.22. The lowest BCUT2D eigenvalue weighted by Gasteiger charge is -2.14. The molecule has 0 aliphatic heterocycles. The Balaban J connectivity index is 2.23. The summed E-state index contributed by atoms with van der Waals surface area (Å²) < 4.78 is 0. The maximum absolute atomic E-state index is 8.96. The van der Waals surface area contributed by atoms with Crippen LogP contribution in [0.4, 0.5) is 0 Å². The molecule has 0 aliphatic carbocycles. The van der Waals surface area contributed by atoms with Gasteiger partial charge in [-0.15, -0.1) is 0 Å². The molecule has 0 aliphatic rings. The smallest absolute Gasteiger partial charge is 0.0580 e. The van der Waals surface area contributed by atoms with Gasteiger partial charge in [-0.2, -0.15) is 0 Å². The van der Waals surface area contributed by atoms with Gasteiger partial charge in [0.05, 0.1) is 6.54 Å². The van der Waals surface area contributed by atoms with Gasteiger partial charge in [-0.1, -0.05) is 43.4 Å². The fraction of sp³-hybridized carbons (Fsp3) is 0.500. The van der Waals surface area contributed by atoms with E-state index >= 15 is 0 Å². The van der Waals surface area contributed by atoms with Gasteiger partial charge in [-0.25, -0.2) is 0 Å². The van der Waals surface area contributed by atoms with Crippen LogP contribution < -0.4 is 5.32 Å². The topological polar surface area (TPSA) is 32.3 Å². The van der Waals surface area contributed by atoms with Gasteiger partial charge in [0.1, 0.15) is 0 Å². The highest BCUT2D eigenvalue weighted by Crippen LogP contribution is 2.08. The van der Waals surface area contributed by atoms with Crippen LogP contribution in [0.5, 0.6) is 0 Å². The van der Waals surface area contributed by atoms with Crippen LogP contribution in [0.2, 0.25) is 0 Å². The van der Waals surface area contributed by atoms with E-state index in [9.17, 15) is 0 Å². The summed E-state index contributed by atoms with van der Waals surface area (Å²) >= 11 is 0. The molecule has 2 N–H and O–H groups in total. The van der Waals surface area contributed by atoms with Crippen molar-refractivity contribution >= 4 is 0 Å². The molecule has 2 nitrogen and oxygen atoms in total. The standard InChI is InChI=1S/C16H23NO/c1-2-7-16(11-13-18)14-17-12-6-10-15-8-4-3-5-9-15/h3-5,8-9,16-18H,2,7,11-14H2,1H3. The van der Waals surface area contributed by atoms with E-state index < -0.39 is 0 Å². The molecule has 0 spiro atoms. The van der Waals surface area contributed by atoms with Gasteiger partial charge in [0.25, 0.3) is 0 Å². The van der Waals surface area contributed by atoms with Crippen LogP contribution >= 0.6 is 0 Å². The number of aliphatic hydroxyl groups is 1. The fourth-order valence-corrected chi connectivity index (χ4v) is 1.95. The van der Waals surface area contributed by atoms with E-state index in [4.69, 9.17) is 5.11 Å². The summed E-state index contributed by atoms with van der Waals surface area (Å²) in [4.78, 5) is 0. The van der Waals surface area contributed by atoms with Crippen molar-refractivity contribution in [2.24, 2.45) is 5.92 Å². The van der Waals surface area contributed by atoms with Crippen LogP contribution in [0.1, 0.15) is 31.7 Å². The van der Waals surface area contributed by atoms with Crippen molar-refractivity contribution in [2.45, 2.75) is 26.2 Å². The van der Waals surface area contributed by atoms with Gasteiger partial charge in [-0.3, -0.25) is 0 Å². The van der Waals surface area contributed by atoms with Crippen LogP contribution in [-0.2, 0) is 0 Å². The highest BCUT2D eigenvalue weighted by Gasteiger charge is 2.05. The van der Waals surface area contributed by atoms with E-state index in [1.807, 2.05) is 30.3 Å². The largest absolute Gasteiger partial charge is 0.396 e. The van der Waals surface area contributed by atoms with E-state index in [1.165, 1.54) is 12.8 Å². The molecule has 1 unspecified atom stereocenters. The zero-order chi connectivity index (χ0) is 13.1. The molecule has 2 heteroatoms. The minimum atomic E-state index is 0.280. The molecule has 1 atom stereocenters. The molecular formula is C16H23NO. The average Bonchev–Trinajstić information content (AvgIpc) is 2.40. The van der Waals surface area contributed by atoms with Gasteiger partial charge >= 0.3 is 0 Å². The quantitative estimate of drug-likeness (QED) is 0.571. The Labute approximate surface area is 110 Å². The van der Waals surface area contributed by atoms with Gasteiger partial charge in [-0.05, 0) is 37.4 Å². The van der Waals surface area contributed by atoms with Crippen LogP contribution in [0, 0.1) is 17.8 Å². The van der Waals surface area contributed by atoms with E-state index in [0.717, 1.165) is 18.5 Å². The van der Waals surface area contributed by atoms with Crippen molar-refractivity contribution in [3.63, 3.8) is 0 Å². The Hall–Kier alpha value is -1.30. The normalized spacial score (nSPS) is 11.7. The summed E-state index contributed by atoms with van der Waals surface area (Å²) in [6.45, 7) is 4.11. The number of nitrogens with one attached hydrogen (secondary N) is 1. The summed E-state index contributed by atoms with van der Waals surface area (Å²) in [5.74, 6) is 6.81. The number of benzene rings is 1. The number of hydrogen-bond acceptors (Lipinski definition) is 2. The second kappa shape index (κ2) is 9.70. The maximum atomic E-state index is 8.96. The third-order valence-corrected chi connectivity index (χ3v) is 2.89. The Morgan fingerprint density at radius 1 is 1.22 bits per heavy atom. The molecule has 98 valence electrons. The first-order valence-electron chi connectivity index (χ1n) is 6.72. The molecule has 0 bridgehead atoms. The molecule has 1 aromatic rings. The zero-order valence-electron chi connectivity index (χ0n) is 11.2. The minimum Gasteiger partial charge on any atom is -0.396 e. The fourth-order valence-electron chi connectivity index (χ4n) is 1.95. The summed E-state index contributed by atoms with van der Waals surface area (Å²) in [5.41, 5.74) is 1.06. The Bertz CT molecular complexity index is 358. The molecule has 1 rings (SSSR count). The summed E-state index contributed by atoms with van der Waals surface area (Å²) in [6, 6.07) is 10.0. The lowest BCUT2D eigenvalue weighted by molar-refractivity contribution is 0.249. The molecule has 0 fully saturated rings. The second-order valence-corrected chi connectivity index (χ2v) is 4.47. The van der Waals surface area contributed by atoms with Crippen LogP contribution in [-0.4, -0.2) is 24.8 Å². The minimum absolute atomic E-state index is 0.280. The van der Waals surface area contributed by atoms with Crippen LogP contribution in [0.15, 0.2) is 30.3 Å². The number of hydrogen-bond donors (Lipinski definition) is 2. The van der Waals surface area contributed by atoms with Crippen LogP contribution in [0.3, 0.4) is 0 Å². The maximum Gasteiger partial charge on any atom is 0.0580 e. The van der Waals surface area contributed by atoms with Gasteiger partial charge in [0.15, 0.2) is 0 Å². The molecule has 0 saturated carbocycles. The van der Waals surface area contributed by atoms with E-state index in [-0.39, 0.29) is 6.61 Å². The lowest BCUT2D eigenvalue weighted by atomic mass is 10.0. The third-order valence-electron chi connectivity index (χ3n) is 2.89. The first-order chi connectivity index (χ1) is 8.86. The van der Waals surface area contributed by atoms with Gasteiger partial charge in [0.2, 0.25) is 0 Å². The predicted molar refractivity (Wildman–Crippen MR) is 76.3 cm³/mol. The molecule has 0 aromatic heterocycles. The van der Waals surface area contributed by atoms with Crippen molar-refractivity contribution in [3.05, 3.63) is 35.9 Å². The van der Waals surface area contributed by atoms with Crippen molar-refractivity contribution in [3.8, 4) is 11.8 Å². The highest BCUT2D eigenvalue weighted by atomic mass is 16.3. The van der Waals surface area contributed by atoms with Crippen molar-refractivity contribution in [1.82, 2.24) is 5.32 Å². The molecule has 18 heavy (non-hydrogen) atoms. The SMILES string of the molecule is CCCC(CCO)CNCC#Cc1ccccc1. The van der Waals surface area contributed by atoms with E-state index in [0.29, 0.717) is 12.5 Å². The molecule has 0 amide bonds. The molecule has 0 radical (unpaired) electrons. The van der Waals surface area contributed by atoms with Crippen molar-refractivity contribution in [1.29, 1.82) is 0 Å². The molecule has 0 heterocycles. The van der Waals surface area contributed by atoms with Gasteiger partial charge in [0, 0.05) is 12.2 Å². The number of aliphatic hydroxyl groups excluding tert-OH is 1. The van der Waals surface area contributed by atoms with Crippen molar-refractivity contribution < 1.29 is 5.11 Å². The summed E-state index contributed by atoms with van der Waals surface area (Å²) in [5, 5.41) is 12.3. The Morgan fingerprint density at radius 2 is 2.00 bits per heavy atom. The Morgan fingerprint density at radius 3 is 2.67 bits per heavy atom. The zero-order valence-corrected chi connectivity index (χ0v) is 11.2. The predicted octanol–water partition coefficient (Wildman–Crippen LogP) is 2.43. The van der Waals surface area contributed by atoms with E-state index in [2.05, 4.69) is 24.1 Å². The Kier molecular flexibility index (Phi) is 7.96. The first-order valence-corrected chi connectivity index (χ1v) is 6.72. The summed E-state index contributed by atoms with van der Waals surface area (Å²) in [7, 11) is 0. The van der Waals surface area contributed by atoms with Crippen molar-refractivity contribution in [2.75, 3.05) is 19.7 Å².